The van der Waals surface area contributed by atoms with Gasteiger partial charge in [0.25, 0.3) is 0 Å². The molecule has 2 rings (SSSR count). The first-order valence-electron chi connectivity index (χ1n) is 6.20. The highest BCUT2D eigenvalue weighted by molar-refractivity contribution is 5.25. The topological polar surface area (TPSA) is 108 Å². The lowest BCUT2D eigenvalue weighted by Crippen LogP contribution is -2.14. The highest BCUT2D eigenvalue weighted by atomic mass is 16.5. The van der Waals surface area contributed by atoms with E-state index in [1.54, 1.807) is 6.20 Å². The van der Waals surface area contributed by atoms with Crippen LogP contribution in [-0.2, 0) is 6.42 Å². The van der Waals surface area contributed by atoms with Crippen LogP contribution in [0.1, 0.15) is 12.6 Å². The number of pyridine rings is 1. The molecular formula is C12H16N6O2. The number of nitrogens with zero attached hydrogens (tertiary/aromatic N) is 4. The molecular weight excluding hydrogens is 260 g/mol. The molecule has 0 amide bonds. The van der Waals surface area contributed by atoms with Crippen LogP contribution >= 0.6 is 0 Å². The molecule has 3 N–H and O–H groups in total. The largest absolute Gasteiger partial charge is 0.464 e. The van der Waals surface area contributed by atoms with E-state index in [2.05, 4.69) is 25.4 Å². The summed E-state index contributed by atoms with van der Waals surface area (Å²) in [6.45, 7) is 2.68. The van der Waals surface area contributed by atoms with Crippen molar-refractivity contribution in [2.45, 2.75) is 13.3 Å². The zero-order chi connectivity index (χ0) is 14.2. The fourth-order valence-electron chi connectivity index (χ4n) is 1.45. The van der Waals surface area contributed by atoms with Crippen LogP contribution in [0.25, 0.3) is 0 Å². The summed E-state index contributed by atoms with van der Waals surface area (Å²) < 4.78 is 10.7. The van der Waals surface area contributed by atoms with Crippen LogP contribution in [-0.4, -0.2) is 33.1 Å². The van der Waals surface area contributed by atoms with Crippen molar-refractivity contribution in [3.63, 3.8) is 0 Å². The SMILES string of the molecule is CCOc1nc(NN)nc(OCCc2ccccn2)n1. The fourth-order valence-corrected chi connectivity index (χ4v) is 1.45. The van der Waals surface area contributed by atoms with Crippen molar-refractivity contribution in [3.05, 3.63) is 30.1 Å². The van der Waals surface area contributed by atoms with Crippen molar-refractivity contribution in [2.24, 2.45) is 5.84 Å². The van der Waals surface area contributed by atoms with E-state index in [1.165, 1.54) is 0 Å². The van der Waals surface area contributed by atoms with Gasteiger partial charge in [-0.05, 0) is 19.1 Å². The van der Waals surface area contributed by atoms with Gasteiger partial charge in [0, 0.05) is 18.3 Å². The number of hydrogen-bond acceptors (Lipinski definition) is 8. The Bertz CT molecular complexity index is 537. The monoisotopic (exact) mass is 276 g/mol. The Kier molecular flexibility index (Phi) is 5.01. The van der Waals surface area contributed by atoms with E-state index < -0.39 is 0 Å². The molecule has 20 heavy (non-hydrogen) atoms. The van der Waals surface area contributed by atoms with Gasteiger partial charge in [-0.25, -0.2) is 5.84 Å². The van der Waals surface area contributed by atoms with E-state index in [9.17, 15) is 0 Å². The van der Waals surface area contributed by atoms with Crippen molar-refractivity contribution in [2.75, 3.05) is 18.6 Å². The van der Waals surface area contributed by atoms with Gasteiger partial charge in [0.05, 0.1) is 13.2 Å². The van der Waals surface area contributed by atoms with Crippen LogP contribution in [0.15, 0.2) is 24.4 Å². The Labute approximate surface area is 116 Å². The van der Waals surface area contributed by atoms with Crippen LogP contribution in [0.5, 0.6) is 12.0 Å². The summed E-state index contributed by atoms with van der Waals surface area (Å²) in [7, 11) is 0. The van der Waals surface area contributed by atoms with Gasteiger partial charge in [-0.1, -0.05) is 6.07 Å². The summed E-state index contributed by atoms with van der Waals surface area (Å²) in [5, 5.41) is 0. The second-order valence-corrected chi connectivity index (χ2v) is 3.72. The molecule has 8 heteroatoms. The third kappa shape index (κ3) is 4.02. The molecule has 0 aliphatic carbocycles. The Morgan fingerprint density at radius 2 is 1.95 bits per heavy atom. The van der Waals surface area contributed by atoms with Gasteiger partial charge in [-0.3, -0.25) is 10.4 Å². The standard InChI is InChI=1S/C12H16N6O2/c1-2-19-11-15-10(18-13)16-12(17-11)20-8-6-9-5-3-4-7-14-9/h3-5,7H,2,6,8,13H2,1H3,(H,15,16,17,18). The molecule has 106 valence electrons. The molecule has 2 aromatic heterocycles. The van der Waals surface area contributed by atoms with Crippen LogP contribution in [0.2, 0.25) is 0 Å². The minimum absolute atomic E-state index is 0.160. The lowest BCUT2D eigenvalue weighted by atomic mass is 10.3. The summed E-state index contributed by atoms with van der Waals surface area (Å²) in [6.07, 6.45) is 2.39. The zero-order valence-electron chi connectivity index (χ0n) is 11.1. The van der Waals surface area contributed by atoms with Crippen molar-refractivity contribution in [1.29, 1.82) is 0 Å². The van der Waals surface area contributed by atoms with Gasteiger partial charge in [-0.2, -0.15) is 9.97 Å². The first kappa shape index (κ1) is 13.9. The van der Waals surface area contributed by atoms with Gasteiger partial charge in [0.15, 0.2) is 0 Å². The second kappa shape index (κ2) is 7.19. The maximum absolute atomic E-state index is 5.46. The van der Waals surface area contributed by atoms with E-state index in [0.29, 0.717) is 19.6 Å². The number of hydrogen-bond donors (Lipinski definition) is 2. The average molecular weight is 276 g/mol. The van der Waals surface area contributed by atoms with E-state index in [-0.39, 0.29) is 18.0 Å². The number of nitrogens with two attached hydrogens (primary N) is 1. The summed E-state index contributed by atoms with van der Waals surface area (Å²) in [5.74, 6) is 5.47. The number of hydrazine groups is 1. The second-order valence-electron chi connectivity index (χ2n) is 3.72. The molecule has 8 nitrogen and oxygen atoms in total. The van der Waals surface area contributed by atoms with Gasteiger partial charge in [-0.15, -0.1) is 4.98 Å². The highest BCUT2D eigenvalue weighted by Crippen LogP contribution is 2.12. The molecule has 2 heterocycles. The maximum Gasteiger partial charge on any atom is 0.324 e. The van der Waals surface area contributed by atoms with Gasteiger partial charge in [0.2, 0.25) is 5.95 Å². The number of rotatable bonds is 7. The van der Waals surface area contributed by atoms with Crippen molar-refractivity contribution < 1.29 is 9.47 Å². The van der Waals surface area contributed by atoms with Crippen molar-refractivity contribution in [1.82, 2.24) is 19.9 Å². The molecule has 0 saturated carbocycles. The van der Waals surface area contributed by atoms with Gasteiger partial charge < -0.3 is 9.47 Å². The quantitative estimate of drug-likeness (QED) is 0.558. The van der Waals surface area contributed by atoms with Crippen molar-refractivity contribution in [3.8, 4) is 12.0 Å². The Hall–Kier alpha value is -2.48. The van der Waals surface area contributed by atoms with Crippen LogP contribution in [0.4, 0.5) is 5.95 Å². The van der Waals surface area contributed by atoms with E-state index >= 15 is 0 Å². The van der Waals surface area contributed by atoms with Gasteiger partial charge >= 0.3 is 12.0 Å². The van der Waals surface area contributed by atoms with Crippen LogP contribution < -0.4 is 20.7 Å². The van der Waals surface area contributed by atoms with E-state index in [1.807, 2.05) is 25.1 Å². The maximum atomic E-state index is 5.46. The first-order chi connectivity index (χ1) is 9.81. The third-order valence-electron chi connectivity index (χ3n) is 2.31. The minimum atomic E-state index is 0.160. The summed E-state index contributed by atoms with van der Waals surface area (Å²) in [4.78, 5) is 16.1. The molecule has 0 aromatic carbocycles. The Morgan fingerprint density at radius 1 is 1.15 bits per heavy atom. The molecule has 0 spiro atoms. The smallest absolute Gasteiger partial charge is 0.324 e. The van der Waals surface area contributed by atoms with E-state index in [4.69, 9.17) is 15.3 Å². The Balaban J connectivity index is 1.96. The molecule has 0 unspecified atom stereocenters. The predicted molar refractivity (Wildman–Crippen MR) is 72.2 cm³/mol. The van der Waals surface area contributed by atoms with Crippen LogP contribution in [0.3, 0.4) is 0 Å². The fraction of sp³-hybridized carbons (Fsp3) is 0.333. The lowest BCUT2D eigenvalue weighted by Gasteiger charge is -2.07. The predicted octanol–water partition coefficient (Wildman–Crippen LogP) is 0.572. The molecule has 2 aromatic rings. The lowest BCUT2D eigenvalue weighted by molar-refractivity contribution is 0.271. The molecule has 0 aliphatic rings. The van der Waals surface area contributed by atoms with Crippen LogP contribution in [0, 0.1) is 0 Å². The Morgan fingerprint density at radius 3 is 2.60 bits per heavy atom. The zero-order valence-corrected chi connectivity index (χ0v) is 11.1. The molecule has 0 atom stereocenters. The molecule has 0 fully saturated rings. The highest BCUT2D eigenvalue weighted by Gasteiger charge is 2.07. The summed E-state index contributed by atoms with van der Waals surface area (Å²) in [6, 6.07) is 6.05. The number of anilines is 1. The number of aromatic nitrogens is 4. The molecule has 0 radical (unpaired) electrons. The summed E-state index contributed by atoms with van der Waals surface area (Å²) in [5.41, 5.74) is 3.27. The summed E-state index contributed by atoms with van der Waals surface area (Å²) >= 11 is 0. The van der Waals surface area contributed by atoms with Gasteiger partial charge in [0.1, 0.15) is 0 Å². The number of ether oxygens (including phenoxy) is 2. The molecule has 0 aliphatic heterocycles. The number of nitrogen functional groups attached to an aromatic ring is 1. The van der Waals surface area contributed by atoms with Crippen molar-refractivity contribution >= 4 is 5.95 Å². The minimum Gasteiger partial charge on any atom is -0.464 e. The normalized spacial score (nSPS) is 10.1. The average Bonchev–Trinajstić information content (AvgIpc) is 2.48. The third-order valence-corrected chi connectivity index (χ3v) is 2.31. The molecule has 0 bridgehead atoms. The number of nitrogens with one attached hydrogen (secondary N) is 1. The first-order valence-corrected chi connectivity index (χ1v) is 6.20. The molecule has 0 saturated heterocycles. The van der Waals surface area contributed by atoms with E-state index in [0.717, 1.165) is 5.69 Å².